The Balaban J connectivity index is 1.30. The van der Waals surface area contributed by atoms with Crippen molar-refractivity contribution >= 4 is 17.7 Å². The predicted molar refractivity (Wildman–Crippen MR) is 119 cm³/mol. The lowest BCUT2D eigenvalue weighted by Gasteiger charge is -2.46. The summed E-state index contributed by atoms with van der Waals surface area (Å²) in [5.41, 5.74) is -0.390. The molecule has 0 unspecified atom stereocenters. The lowest BCUT2D eigenvalue weighted by atomic mass is 9.78. The number of para-hydroxylation sites is 1. The molecule has 5 rings (SSSR count). The van der Waals surface area contributed by atoms with Crippen LogP contribution < -0.4 is 10.1 Å². The third-order valence-corrected chi connectivity index (χ3v) is 7.95. The Bertz CT molecular complexity index is 916. The minimum absolute atomic E-state index is 0.0448. The zero-order valence-corrected chi connectivity index (χ0v) is 18.8. The van der Waals surface area contributed by atoms with E-state index in [0.29, 0.717) is 42.7 Å². The van der Waals surface area contributed by atoms with Crippen molar-refractivity contribution < 1.29 is 19.1 Å². The van der Waals surface area contributed by atoms with Crippen LogP contribution in [-0.4, -0.2) is 58.4 Å². The molecular formula is C25H33N3O4. The molecule has 172 valence electrons. The van der Waals surface area contributed by atoms with Gasteiger partial charge in [-0.25, -0.2) is 0 Å². The molecule has 4 atom stereocenters. The molecule has 3 aliphatic heterocycles. The Morgan fingerprint density at radius 1 is 1.09 bits per heavy atom. The number of benzene rings is 1. The maximum atomic E-state index is 13.5. The summed E-state index contributed by atoms with van der Waals surface area (Å²) >= 11 is 0. The number of piperidine rings is 1. The quantitative estimate of drug-likeness (QED) is 0.768. The zero-order chi connectivity index (χ0) is 22.3. The normalized spacial score (nSPS) is 31.2. The number of carbonyl (C=O) groups is 3. The number of hydrogen-bond donors (Lipinski definition) is 1. The highest BCUT2D eigenvalue weighted by molar-refractivity contribution is 5.98. The monoisotopic (exact) mass is 439 g/mol. The van der Waals surface area contributed by atoms with E-state index in [1.54, 1.807) is 17.0 Å². The number of nitrogens with one attached hydrogen (secondary N) is 1. The second-order valence-electron chi connectivity index (χ2n) is 9.85. The van der Waals surface area contributed by atoms with Gasteiger partial charge in [0.15, 0.2) is 5.72 Å². The van der Waals surface area contributed by atoms with E-state index >= 15 is 0 Å². The highest BCUT2D eigenvalue weighted by atomic mass is 16.5. The first-order valence-corrected chi connectivity index (χ1v) is 12.2. The molecule has 7 nitrogen and oxygen atoms in total. The molecule has 0 radical (unpaired) electrons. The van der Waals surface area contributed by atoms with Gasteiger partial charge in [-0.15, -0.1) is 0 Å². The number of fused-ring (bicyclic) bond motifs is 2. The predicted octanol–water partition coefficient (Wildman–Crippen LogP) is 3.09. The number of hydrogen-bond acceptors (Lipinski definition) is 4. The van der Waals surface area contributed by atoms with Crippen molar-refractivity contribution in [2.75, 3.05) is 13.1 Å². The first-order chi connectivity index (χ1) is 15.5. The van der Waals surface area contributed by atoms with Gasteiger partial charge in [0.25, 0.3) is 5.91 Å². The van der Waals surface area contributed by atoms with Crippen molar-refractivity contribution in [1.82, 2.24) is 15.1 Å². The Morgan fingerprint density at radius 2 is 1.88 bits per heavy atom. The molecule has 3 fully saturated rings. The van der Waals surface area contributed by atoms with Crippen molar-refractivity contribution in [3.63, 3.8) is 0 Å². The van der Waals surface area contributed by atoms with Gasteiger partial charge in [0.2, 0.25) is 11.8 Å². The largest absolute Gasteiger partial charge is 0.467 e. The molecule has 3 heterocycles. The van der Waals surface area contributed by atoms with Crippen molar-refractivity contribution in [3.8, 4) is 5.75 Å². The summed E-state index contributed by atoms with van der Waals surface area (Å²) in [6.45, 7) is 3.04. The summed E-state index contributed by atoms with van der Waals surface area (Å²) < 4.78 is 6.23. The van der Waals surface area contributed by atoms with Crippen LogP contribution in [0.4, 0.5) is 0 Å². The summed E-state index contributed by atoms with van der Waals surface area (Å²) in [4.78, 5) is 43.0. The summed E-state index contributed by atoms with van der Waals surface area (Å²) in [5, 5.41) is 3.00. The number of likely N-dealkylation sites (tertiary alicyclic amines) is 2. The molecule has 4 aliphatic rings. The van der Waals surface area contributed by atoms with Gasteiger partial charge in [0.05, 0.1) is 5.56 Å². The van der Waals surface area contributed by atoms with Crippen LogP contribution in [0.25, 0.3) is 0 Å². The maximum absolute atomic E-state index is 13.5. The Kier molecular flexibility index (Phi) is 5.59. The van der Waals surface area contributed by atoms with Crippen molar-refractivity contribution in [2.45, 2.75) is 82.5 Å². The molecule has 1 aliphatic carbocycles. The first-order valence-electron chi connectivity index (χ1n) is 12.2. The Morgan fingerprint density at radius 3 is 2.75 bits per heavy atom. The third-order valence-electron chi connectivity index (χ3n) is 7.95. The molecule has 3 amide bonds. The maximum Gasteiger partial charge on any atom is 0.258 e. The molecule has 1 spiro atoms. The summed E-state index contributed by atoms with van der Waals surface area (Å²) in [6, 6.07) is 7.02. The SMILES string of the molecule is C[C@H](C(=O)N1CCC[C@@H]2CCCC[C@H]21)N1CC[C@]2(CCC1=O)NC(=O)c1ccccc1O2. The van der Waals surface area contributed by atoms with Crippen LogP contribution >= 0.6 is 0 Å². The fourth-order valence-electron chi connectivity index (χ4n) is 6.17. The molecule has 0 bridgehead atoms. The van der Waals surface area contributed by atoms with E-state index in [0.717, 1.165) is 19.4 Å². The van der Waals surface area contributed by atoms with Crippen LogP contribution in [0, 0.1) is 5.92 Å². The molecule has 1 aromatic rings. The van der Waals surface area contributed by atoms with Gasteiger partial charge in [-0.2, -0.15) is 0 Å². The standard InChI is InChI=1S/C25H33N3O4/c1-17(24(31)28-15-6-8-18-7-2-4-10-20(18)28)27-16-14-25(13-12-22(27)29)26-23(30)19-9-3-5-11-21(19)32-25/h3,5,9,11,17-18,20H,2,4,6-8,10,12-16H2,1H3,(H,26,30)/t17-,18+,20-,25-/m1/s1. The molecule has 7 heteroatoms. The minimum atomic E-state index is -0.905. The molecule has 1 N–H and O–H groups in total. The smallest absolute Gasteiger partial charge is 0.258 e. The van der Waals surface area contributed by atoms with Crippen LogP contribution in [0.5, 0.6) is 5.75 Å². The Labute approximate surface area is 189 Å². The average molecular weight is 440 g/mol. The van der Waals surface area contributed by atoms with E-state index in [1.807, 2.05) is 19.1 Å². The van der Waals surface area contributed by atoms with Crippen LogP contribution in [0.15, 0.2) is 24.3 Å². The molecule has 0 aromatic heterocycles. The summed E-state index contributed by atoms with van der Waals surface area (Å²) in [6.07, 6.45) is 8.12. The van der Waals surface area contributed by atoms with Crippen molar-refractivity contribution in [1.29, 1.82) is 0 Å². The van der Waals surface area contributed by atoms with E-state index in [9.17, 15) is 14.4 Å². The highest BCUT2D eigenvalue weighted by Gasteiger charge is 2.45. The van der Waals surface area contributed by atoms with E-state index in [-0.39, 0.29) is 24.1 Å². The van der Waals surface area contributed by atoms with Crippen LogP contribution in [0.1, 0.15) is 75.1 Å². The minimum Gasteiger partial charge on any atom is -0.467 e. The third kappa shape index (κ3) is 3.76. The van der Waals surface area contributed by atoms with Gasteiger partial charge in [-0.3, -0.25) is 14.4 Å². The molecular weight excluding hydrogens is 406 g/mol. The molecule has 1 aromatic carbocycles. The lowest BCUT2D eigenvalue weighted by molar-refractivity contribution is -0.149. The zero-order valence-electron chi connectivity index (χ0n) is 18.8. The second kappa shape index (κ2) is 8.41. The molecule has 2 saturated heterocycles. The van der Waals surface area contributed by atoms with E-state index in [1.165, 1.54) is 25.7 Å². The number of ether oxygens (including phenoxy) is 1. The van der Waals surface area contributed by atoms with Crippen molar-refractivity contribution in [2.24, 2.45) is 5.92 Å². The Hall–Kier alpha value is -2.57. The fraction of sp³-hybridized carbons (Fsp3) is 0.640. The van der Waals surface area contributed by atoms with Crippen LogP contribution in [-0.2, 0) is 9.59 Å². The van der Waals surface area contributed by atoms with Gasteiger partial charge in [-0.05, 0) is 50.7 Å². The molecule has 32 heavy (non-hydrogen) atoms. The number of carbonyl (C=O) groups excluding carboxylic acids is 3. The topological polar surface area (TPSA) is 79.0 Å². The van der Waals surface area contributed by atoms with Gasteiger partial charge >= 0.3 is 0 Å². The summed E-state index contributed by atoms with van der Waals surface area (Å²) in [5.74, 6) is 1.02. The van der Waals surface area contributed by atoms with E-state index in [2.05, 4.69) is 10.2 Å². The number of nitrogens with zero attached hydrogens (tertiary/aromatic N) is 2. The van der Waals surface area contributed by atoms with E-state index < -0.39 is 11.8 Å². The van der Waals surface area contributed by atoms with Gasteiger partial charge < -0.3 is 19.9 Å². The van der Waals surface area contributed by atoms with Crippen LogP contribution in [0.2, 0.25) is 0 Å². The second-order valence-corrected chi connectivity index (χ2v) is 9.85. The van der Waals surface area contributed by atoms with E-state index in [4.69, 9.17) is 4.74 Å². The van der Waals surface area contributed by atoms with Gasteiger partial charge in [0, 0.05) is 38.4 Å². The average Bonchev–Trinajstić information content (AvgIpc) is 2.96. The number of rotatable bonds is 2. The van der Waals surface area contributed by atoms with Gasteiger partial charge in [-0.1, -0.05) is 25.0 Å². The highest BCUT2D eigenvalue weighted by Crippen LogP contribution is 2.37. The van der Waals surface area contributed by atoms with Gasteiger partial charge in [0.1, 0.15) is 11.8 Å². The molecule has 1 saturated carbocycles. The van der Waals surface area contributed by atoms with Crippen molar-refractivity contribution in [3.05, 3.63) is 29.8 Å². The summed E-state index contributed by atoms with van der Waals surface area (Å²) in [7, 11) is 0. The lowest BCUT2D eigenvalue weighted by Crippen LogP contribution is -2.57. The first kappa shape index (κ1) is 21.3. The fourth-order valence-corrected chi connectivity index (χ4v) is 6.17. The number of amides is 3. The van der Waals surface area contributed by atoms with Crippen LogP contribution in [0.3, 0.4) is 0 Å².